The molecule has 2 unspecified atom stereocenters. The number of ether oxygens (including phenoxy) is 1. The molecule has 0 aliphatic carbocycles. The molecule has 0 N–H and O–H groups in total. The number of carbonyl (C=O) groups excluding carboxylic acids is 1. The highest BCUT2D eigenvalue weighted by atomic mass is 32.2. The topological polar surface area (TPSA) is 87.5 Å². The molecule has 0 aliphatic rings. The Labute approximate surface area is 89.5 Å². The van der Waals surface area contributed by atoms with Crippen LogP contribution in [0, 0.1) is 11.3 Å². The van der Waals surface area contributed by atoms with Gasteiger partial charge in [0.2, 0.25) is 10.0 Å². The van der Waals surface area contributed by atoms with Crippen molar-refractivity contribution in [2.45, 2.75) is 25.1 Å². The van der Waals surface area contributed by atoms with Crippen LogP contribution in [0.2, 0.25) is 0 Å². The number of esters is 1. The van der Waals surface area contributed by atoms with E-state index in [1.807, 2.05) is 0 Å². The Morgan fingerprint density at radius 1 is 1.47 bits per heavy atom. The molecule has 86 valence electrons. The Kier molecular flexibility index (Phi) is 4.71. The highest BCUT2D eigenvalue weighted by molar-refractivity contribution is 7.90. The van der Waals surface area contributed by atoms with Crippen LogP contribution in [0.15, 0.2) is 0 Å². The van der Waals surface area contributed by atoms with Crippen LogP contribution in [-0.2, 0) is 19.6 Å². The van der Waals surface area contributed by atoms with Crippen molar-refractivity contribution < 1.29 is 17.9 Å². The fourth-order valence-electron chi connectivity index (χ4n) is 0.839. The second kappa shape index (κ2) is 5.09. The maximum atomic E-state index is 11.7. The van der Waals surface area contributed by atoms with Gasteiger partial charge >= 0.3 is 5.97 Å². The molecule has 0 spiro atoms. The molecule has 0 heterocycles. The summed E-state index contributed by atoms with van der Waals surface area (Å²) in [5, 5.41) is 7.27. The molecule has 6 nitrogen and oxygen atoms in total. The van der Waals surface area contributed by atoms with E-state index in [9.17, 15) is 13.2 Å². The van der Waals surface area contributed by atoms with Gasteiger partial charge in [-0.3, -0.25) is 4.79 Å². The first-order valence-corrected chi connectivity index (χ1v) is 5.73. The lowest BCUT2D eigenvalue weighted by Crippen LogP contribution is -2.43. The summed E-state index contributed by atoms with van der Waals surface area (Å²) in [6.45, 7) is 2.66. The summed E-state index contributed by atoms with van der Waals surface area (Å²) in [5.41, 5.74) is 0. The molecular formula is C8H14N2O4S. The maximum Gasteiger partial charge on any atom is 0.325 e. The second-order valence-electron chi connectivity index (χ2n) is 3.03. The summed E-state index contributed by atoms with van der Waals surface area (Å²) in [5.74, 6) is -0.841. The predicted octanol–water partition coefficient (Wildman–Crippen LogP) is -0.278. The molecule has 2 atom stereocenters. The van der Waals surface area contributed by atoms with Crippen LogP contribution in [-0.4, -0.2) is 44.1 Å². The smallest absolute Gasteiger partial charge is 0.325 e. The Bertz CT molecular complexity index is 371. The zero-order valence-corrected chi connectivity index (χ0v) is 9.91. The van der Waals surface area contributed by atoms with Gasteiger partial charge in [0.05, 0.1) is 13.2 Å². The van der Waals surface area contributed by atoms with E-state index in [0.717, 1.165) is 11.4 Å². The minimum absolute atomic E-state index is 0.817. The zero-order chi connectivity index (χ0) is 12.2. The maximum absolute atomic E-state index is 11.7. The number of sulfonamides is 1. The summed E-state index contributed by atoms with van der Waals surface area (Å²) in [7, 11) is -1.46. The molecular weight excluding hydrogens is 220 g/mol. The summed E-state index contributed by atoms with van der Waals surface area (Å²) >= 11 is 0. The van der Waals surface area contributed by atoms with Gasteiger partial charge in [0.15, 0.2) is 5.25 Å². The lowest BCUT2D eigenvalue weighted by molar-refractivity contribution is -0.139. The highest BCUT2D eigenvalue weighted by Crippen LogP contribution is 2.11. The molecule has 0 amide bonds. The highest BCUT2D eigenvalue weighted by Gasteiger charge is 2.34. The number of hydrogen-bond acceptors (Lipinski definition) is 5. The molecule has 7 heteroatoms. The van der Waals surface area contributed by atoms with E-state index < -0.39 is 27.3 Å². The zero-order valence-electron chi connectivity index (χ0n) is 9.09. The molecule has 0 fully saturated rings. The fraction of sp³-hybridized carbons (Fsp3) is 0.750. The quantitative estimate of drug-likeness (QED) is 0.624. The van der Waals surface area contributed by atoms with Crippen LogP contribution < -0.4 is 0 Å². The minimum Gasteiger partial charge on any atom is -0.468 e. The van der Waals surface area contributed by atoms with Crippen molar-refractivity contribution in [3.63, 3.8) is 0 Å². The average Bonchev–Trinajstić information content (AvgIpc) is 2.24. The number of methoxy groups -OCH3 is 1. The Morgan fingerprint density at radius 3 is 2.27 bits per heavy atom. The average molecular weight is 234 g/mol. The van der Waals surface area contributed by atoms with Crippen molar-refractivity contribution in [3.8, 4) is 6.07 Å². The molecule has 0 bridgehead atoms. The van der Waals surface area contributed by atoms with Crippen molar-refractivity contribution in [2.24, 2.45) is 0 Å². The summed E-state index contributed by atoms with van der Waals surface area (Å²) < 4.78 is 28.6. The van der Waals surface area contributed by atoms with Gasteiger partial charge in [-0.2, -0.15) is 9.57 Å². The van der Waals surface area contributed by atoms with Crippen LogP contribution in [0.4, 0.5) is 0 Å². The summed E-state index contributed by atoms with van der Waals surface area (Å²) in [6.07, 6.45) is 0. The predicted molar refractivity (Wildman–Crippen MR) is 53.2 cm³/mol. The van der Waals surface area contributed by atoms with Gasteiger partial charge in [-0.15, -0.1) is 0 Å². The third kappa shape index (κ3) is 2.91. The van der Waals surface area contributed by atoms with Gasteiger partial charge in [0.25, 0.3) is 0 Å². The van der Waals surface area contributed by atoms with Gasteiger partial charge in [-0.25, -0.2) is 8.42 Å². The SMILES string of the molecule is COC(=O)C(C)S(=O)(=O)N(C)C(C)C#N. The van der Waals surface area contributed by atoms with Crippen LogP contribution in [0.1, 0.15) is 13.8 Å². The van der Waals surface area contributed by atoms with Crippen molar-refractivity contribution >= 4 is 16.0 Å². The third-order valence-corrected chi connectivity index (χ3v) is 4.32. The molecule has 0 aliphatic heterocycles. The van der Waals surface area contributed by atoms with E-state index in [4.69, 9.17) is 5.26 Å². The van der Waals surface area contributed by atoms with E-state index in [1.54, 1.807) is 6.07 Å². The Hall–Kier alpha value is -1.13. The van der Waals surface area contributed by atoms with E-state index >= 15 is 0 Å². The lowest BCUT2D eigenvalue weighted by atomic mass is 10.4. The van der Waals surface area contributed by atoms with E-state index in [-0.39, 0.29) is 0 Å². The Balaban J connectivity index is 5.00. The molecule has 0 saturated carbocycles. The van der Waals surface area contributed by atoms with Crippen LogP contribution in [0.5, 0.6) is 0 Å². The van der Waals surface area contributed by atoms with Crippen molar-refractivity contribution in [1.82, 2.24) is 4.31 Å². The van der Waals surface area contributed by atoms with E-state index in [1.165, 1.54) is 20.9 Å². The molecule has 0 radical (unpaired) electrons. The lowest BCUT2D eigenvalue weighted by Gasteiger charge is -2.21. The van der Waals surface area contributed by atoms with Gasteiger partial charge in [0.1, 0.15) is 6.04 Å². The van der Waals surface area contributed by atoms with E-state index in [2.05, 4.69) is 4.74 Å². The molecule has 0 rings (SSSR count). The first-order valence-electron chi connectivity index (χ1n) is 4.23. The van der Waals surface area contributed by atoms with Crippen LogP contribution >= 0.6 is 0 Å². The number of nitriles is 1. The summed E-state index contributed by atoms with van der Waals surface area (Å²) in [4.78, 5) is 11.1. The Morgan fingerprint density at radius 2 is 1.93 bits per heavy atom. The fourth-order valence-corrected chi connectivity index (χ4v) is 2.16. The largest absolute Gasteiger partial charge is 0.468 e. The molecule has 0 aromatic heterocycles. The number of carbonyl (C=O) groups is 1. The third-order valence-electron chi connectivity index (χ3n) is 2.11. The normalized spacial score (nSPS) is 15.5. The van der Waals surface area contributed by atoms with Crippen LogP contribution in [0.25, 0.3) is 0 Å². The van der Waals surface area contributed by atoms with Gasteiger partial charge in [-0.05, 0) is 13.8 Å². The summed E-state index contributed by atoms with van der Waals surface area (Å²) in [6, 6.07) is 0.960. The van der Waals surface area contributed by atoms with Crippen LogP contribution in [0.3, 0.4) is 0 Å². The molecule has 0 saturated heterocycles. The molecule has 15 heavy (non-hydrogen) atoms. The van der Waals surface area contributed by atoms with Crippen molar-refractivity contribution in [3.05, 3.63) is 0 Å². The van der Waals surface area contributed by atoms with Crippen molar-refractivity contribution in [2.75, 3.05) is 14.2 Å². The number of hydrogen-bond donors (Lipinski definition) is 0. The first-order chi connectivity index (χ1) is 6.78. The van der Waals surface area contributed by atoms with Gasteiger partial charge in [0, 0.05) is 7.05 Å². The van der Waals surface area contributed by atoms with Gasteiger partial charge in [-0.1, -0.05) is 0 Å². The molecule has 0 aromatic rings. The number of nitrogens with zero attached hydrogens (tertiary/aromatic N) is 2. The number of rotatable bonds is 4. The second-order valence-corrected chi connectivity index (χ2v) is 5.34. The molecule has 0 aromatic carbocycles. The van der Waals surface area contributed by atoms with E-state index in [0.29, 0.717) is 0 Å². The first kappa shape index (κ1) is 13.9. The van der Waals surface area contributed by atoms with Gasteiger partial charge < -0.3 is 4.74 Å². The standard InChI is InChI=1S/C8H14N2O4S/c1-6(5-9)10(3)15(12,13)7(2)8(11)14-4/h6-7H,1-4H3. The monoisotopic (exact) mass is 234 g/mol. The minimum atomic E-state index is -3.83. The van der Waals surface area contributed by atoms with Crippen molar-refractivity contribution in [1.29, 1.82) is 5.26 Å².